The van der Waals surface area contributed by atoms with E-state index >= 15 is 0 Å². The maximum absolute atomic E-state index is 12.9. The highest BCUT2D eigenvalue weighted by atomic mass is 16.5. The molecule has 1 aliphatic heterocycles. The SMILES string of the molecule is COc1ccc(CNC(=O)N2CCCCCC2c2nc(C3CC3)no2)cc1. The van der Waals surface area contributed by atoms with Crippen molar-refractivity contribution < 1.29 is 14.1 Å². The summed E-state index contributed by atoms with van der Waals surface area (Å²) in [5.41, 5.74) is 1.03. The molecule has 2 fully saturated rings. The molecule has 1 unspecified atom stereocenters. The van der Waals surface area contributed by atoms with Crippen LogP contribution < -0.4 is 10.1 Å². The molecule has 1 saturated carbocycles. The van der Waals surface area contributed by atoms with Gasteiger partial charge in [-0.1, -0.05) is 30.1 Å². The quantitative estimate of drug-likeness (QED) is 0.866. The van der Waals surface area contributed by atoms with Crippen molar-refractivity contribution in [2.24, 2.45) is 0 Å². The van der Waals surface area contributed by atoms with Crippen LogP contribution >= 0.6 is 0 Å². The first-order chi connectivity index (χ1) is 13.2. The normalized spacial score (nSPS) is 20.2. The van der Waals surface area contributed by atoms with Gasteiger partial charge in [0, 0.05) is 19.0 Å². The Kier molecular flexibility index (Phi) is 5.27. The maximum atomic E-state index is 12.9. The number of carbonyl (C=O) groups excluding carboxylic acids is 1. The Morgan fingerprint density at radius 1 is 1.22 bits per heavy atom. The summed E-state index contributed by atoms with van der Waals surface area (Å²) in [4.78, 5) is 19.3. The third-order valence-electron chi connectivity index (χ3n) is 5.30. The van der Waals surface area contributed by atoms with Gasteiger partial charge in [-0.25, -0.2) is 4.79 Å². The number of hydrogen-bond donors (Lipinski definition) is 1. The van der Waals surface area contributed by atoms with Crippen LogP contribution in [0.25, 0.3) is 0 Å². The minimum Gasteiger partial charge on any atom is -0.497 e. The summed E-state index contributed by atoms with van der Waals surface area (Å²) < 4.78 is 10.7. The number of rotatable bonds is 5. The fourth-order valence-electron chi connectivity index (χ4n) is 3.52. The first-order valence-electron chi connectivity index (χ1n) is 9.75. The molecule has 1 aliphatic carbocycles. The molecule has 1 saturated heterocycles. The van der Waals surface area contributed by atoms with E-state index in [0.29, 0.717) is 24.9 Å². The minimum atomic E-state index is -0.136. The molecule has 4 rings (SSSR count). The zero-order valence-electron chi connectivity index (χ0n) is 15.7. The Balaban J connectivity index is 1.43. The van der Waals surface area contributed by atoms with Gasteiger partial charge < -0.3 is 19.5 Å². The van der Waals surface area contributed by atoms with Gasteiger partial charge in [-0.2, -0.15) is 4.98 Å². The third kappa shape index (κ3) is 4.23. The molecule has 0 spiro atoms. The van der Waals surface area contributed by atoms with Gasteiger partial charge in [-0.3, -0.25) is 0 Å². The second-order valence-electron chi connectivity index (χ2n) is 7.33. The van der Waals surface area contributed by atoms with Crippen LogP contribution in [0.5, 0.6) is 5.75 Å². The van der Waals surface area contributed by atoms with Crippen LogP contribution in [-0.2, 0) is 6.54 Å². The molecule has 7 nitrogen and oxygen atoms in total. The highest BCUT2D eigenvalue weighted by Gasteiger charge is 2.34. The summed E-state index contributed by atoms with van der Waals surface area (Å²) in [5.74, 6) is 2.64. The molecule has 1 aromatic carbocycles. The first-order valence-corrected chi connectivity index (χ1v) is 9.75. The molecule has 0 radical (unpaired) electrons. The Morgan fingerprint density at radius 2 is 2.04 bits per heavy atom. The summed E-state index contributed by atoms with van der Waals surface area (Å²) in [5, 5.41) is 7.16. The second-order valence-corrected chi connectivity index (χ2v) is 7.33. The second kappa shape index (κ2) is 7.98. The van der Waals surface area contributed by atoms with E-state index in [1.807, 2.05) is 29.2 Å². The van der Waals surface area contributed by atoms with Crippen molar-refractivity contribution in [1.29, 1.82) is 0 Å². The first kappa shape index (κ1) is 17.8. The summed E-state index contributed by atoms with van der Waals surface area (Å²) in [6, 6.07) is 7.49. The van der Waals surface area contributed by atoms with Crippen LogP contribution in [0.1, 0.15) is 67.8 Å². The van der Waals surface area contributed by atoms with Crippen molar-refractivity contribution in [3.8, 4) is 5.75 Å². The smallest absolute Gasteiger partial charge is 0.318 e. The number of hydrogen-bond acceptors (Lipinski definition) is 5. The number of amides is 2. The van der Waals surface area contributed by atoms with Gasteiger partial charge in [-0.15, -0.1) is 0 Å². The van der Waals surface area contributed by atoms with Crippen molar-refractivity contribution in [2.45, 2.75) is 57.0 Å². The summed E-state index contributed by atoms with van der Waals surface area (Å²) in [6.45, 7) is 1.18. The molecule has 7 heteroatoms. The van der Waals surface area contributed by atoms with Crippen molar-refractivity contribution >= 4 is 6.03 Å². The van der Waals surface area contributed by atoms with Crippen LogP contribution in [0.2, 0.25) is 0 Å². The van der Waals surface area contributed by atoms with E-state index in [1.54, 1.807) is 7.11 Å². The number of nitrogens with one attached hydrogen (secondary N) is 1. The summed E-state index contributed by atoms with van der Waals surface area (Å²) >= 11 is 0. The molecule has 1 atom stereocenters. The predicted molar refractivity (Wildman–Crippen MR) is 99.4 cm³/mol. The van der Waals surface area contributed by atoms with E-state index in [-0.39, 0.29) is 12.1 Å². The maximum Gasteiger partial charge on any atom is 0.318 e. The van der Waals surface area contributed by atoms with Crippen LogP contribution in [0.4, 0.5) is 4.79 Å². The standard InChI is InChI=1S/C20H26N4O3/c1-26-16-10-6-14(7-11-16)13-21-20(25)24-12-4-2-3-5-17(24)19-22-18(23-27-19)15-8-9-15/h6-7,10-11,15,17H,2-5,8-9,12-13H2,1H3,(H,21,25). The van der Waals surface area contributed by atoms with Gasteiger partial charge >= 0.3 is 6.03 Å². The Morgan fingerprint density at radius 3 is 2.78 bits per heavy atom. The number of likely N-dealkylation sites (tertiary alicyclic amines) is 1. The zero-order chi connectivity index (χ0) is 18.6. The topological polar surface area (TPSA) is 80.5 Å². The lowest BCUT2D eigenvalue weighted by atomic mass is 10.1. The summed E-state index contributed by atoms with van der Waals surface area (Å²) in [6.07, 6.45) is 6.31. The Hall–Kier alpha value is -2.57. The van der Waals surface area contributed by atoms with Crippen LogP contribution in [0, 0.1) is 0 Å². The van der Waals surface area contributed by atoms with E-state index in [2.05, 4.69) is 15.5 Å². The van der Waals surface area contributed by atoms with E-state index in [9.17, 15) is 4.79 Å². The van der Waals surface area contributed by atoms with E-state index in [4.69, 9.17) is 9.26 Å². The van der Waals surface area contributed by atoms with E-state index < -0.39 is 0 Å². The number of methoxy groups -OCH3 is 1. The Bertz CT molecular complexity index is 770. The molecule has 2 amide bonds. The summed E-state index contributed by atoms with van der Waals surface area (Å²) in [7, 11) is 1.64. The number of aromatic nitrogens is 2. The van der Waals surface area contributed by atoms with E-state index in [0.717, 1.165) is 55.7 Å². The van der Waals surface area contributed by atoms with Crippen molar-refractivity contribution in [3.63, 3.8) is 0 Å². The fourth-order valence-corrected chi connectivity index (χ4v) is 3.52. The number of ether oxygens (including phenoxy) is 1. The van der Waals surface area contributed by atoms with Gasteiger partial charge in [0.25, 0.3) is 0 Å². The third-order valence-corrected chi connectivity index (χ3v) is 5.30. The molecule has 1 N–H and O–H groups in total. The molecule has 2 aromatic rings. The van der Waals surface area contributed by atoms with Gasteiger partial charge in [0.15, 0.2) is 5.82 Å². The van der Waals surface area contributed by atoms with Gasteiger partial charge in [0.05, 0.1) is 7.11 Å². The average Bonchev–Trinajstić information content (AvgIpc) is 3.49. The van der Waals surface area contributed by atoms with Crippen molar-refractivity contribution in [1.82, 2.24) is 20.4 Å². The monoisotopic (exact) mass is 370 g/mol. The number of carbonyl (C=O) groups is 1. The molecule has 2 heterocycles. The minimum absolute atomic E-state index is 0.0797. The lowest BCUT2D eigenvalue weighted by Gasteiger charge is -2.27. The lowest BCUT2D eigenvalue weighted by molar-refractivity contribution is 0.158. The molecule has 0 bridgehead atoms. The molecule has 2 aliphatic rings. The van der Waals surface area contributed by atoms with Crippen molar-refractivity contribution in [3.05, 3.63) is 41.5 Å². The van der Waals surface area contributed by atoms with Gasteiger partial charge in [0.2, 0.25) is 5.89 Å². The molecule has 144 valence electrons. The van der Waals surface area contributed by atoms with Crippen molar-refractivity contribution in [2.75, 3.05) is 13.7 Å². The van der Waals surface area contributed by atoms with Gasteiger partial charge in [-0.05, 0) is 43.4 Å². The number of urea groups is 1. The van der Waals surface area contributed by atoms with Crippen LogP contribution in [-0.4, -0.2) is 34.7 Å². The zero-order valence-corrected chi connectivity index (χ0v) is 15.7. The van der Waals surface area contributed by atoms with Crippen LogP contribution in [0.3, 0.4) is 0 Å². The average molecular weight is 370 g/mol. The van der Waals surface area contributed by atoms with E-state index in [1.165, 1.54) is 0 Å². The highest BCUT2D eigenvalue weighted by Crippen LogP contribution is 2.39. The fraction of sp³-hybridized carbons (Fsp3) is 0.550. The highest BCUT2D eigenvalue weighted by molar-refractivity contribution is 5.74. The number of nitrogens with zero attached hydrogens (tertiary/aromatic N) is 3. The molecule has 1 aromatic heterocycles. The lowest BCUT2D eigenvalue weighted by Crippen LogP contribution is -2.42. The Labute approximate surface area is 159 Å². The molecular weight excluding hydrogens is 344 g/mol. The molecule has 27 heavy (non-hydrogen) atoms. The predicted octanol–water partition coefficient (Wildman–Crippen LogP) is 3.78. The largest absolute Gasteiger partial charge is 0.497 e. The number of benzene rings is 1. The van der Waals surface area contributed by atoms with Crippen LogP contribution in [0.15, 0.2) is 28.8 Å². The molecular formula is C20H26N4O3. The van der Waals surface area contributed by atoms with Gasteiger partial charge in [0.1, 0.15) is 11.8 Å².